The first-order valence-electron chi connectivity index (χ1n) is 6.22. The molecule has 1 saturated heterocycles. The molecular formula is C13H22ClNO2. The van der Waals surface area contributed by atoms with Gasteiger partial charge in [-0.1, -0.05) is 0 Å². The van der Waals surface area contributed by atoms with Gasteiger partial charge < -0.3 is 14.5 Å². The molecule has 2 heterocycles. The molecule has 1 fully saturated rings. The molecule has 1 N–H and O–H groups in total. The van der Waals surface area contributed by atoms with Crippen molar-refractivity contribution in [3.63, 3.8) is 0 Å². The summed E-state index contributed by atoms with van der Waals surface area (Å²) in [5, 5.41) is 3.38. The highest BCUT2D eigenvalue weighted by Crippen LogP contribution is 2.20. The second-order valence-electron chi connectivity index (χ2n) is 4.51. The summed E-state index contributed by atoms with van der Waals surface area (Å²) in [7, 11) is 0. The van der Waals surface area contributed by atoms with Crippen LogP contribution in [-0.4, -0.2) is 19.7 Å². The van der Waals surface area contributed by atoms with Gasteiger partial charge in [0.05, 0.1) is 6.26 Å². The highest BCUT2D eigenvalue weighted by atomic mass is 35.5. The first kappa shape index (κ1) is 14.6. The van der Waals surface area contributed by atoms with Crippen molar-refractivity contribution >= 4 is 12.4 Å². The van der Waals surface area contributed by atoms with Crippen LogP contribution in [0.3, 0.4) is 0 Å². The van der Waals surface area contributed by atoms with Crippen molar-refractivity contribution in [2.24, 2.45) is 5.92 Å². The zero-order chi connectivity index (χ0) is 11.2. The molecular weight excluding hydrogens is 238 g/mol. The average Bonchev–Trinajstić information content (AvgIpc) is 2.84. The van der Waals surface area contributed by atoms with Gasteiger partial charge in [-0.15, -0.1) is 12.4 Å². The number of halogens is 1. The summed E-state index contributed by atoms with van der Waals surface area (Å²) < 4.78 is 11.1. The van der Waals surface area contributed by atoms with E-state index < -0.39 is 0 Å². The predicted octanol–water partition coefficient (Wildman–Crippen LogP) is 3.17. The maximum Gasteiger partial charge on any atom is 0.132 e. The summed E-state index contributed by atoms with van der Waals surface area (Å²) >= 11 is 0. The number of ether oxygens (including phenoxy) is 1. The van der Waals surface area contributed by atoms with Gasteiger partial charge in [-0.25, -0.2) is 0 Å². The van der Waals surface area contributed by atoms with E-state index >= 15 is 0 Å². The van der Waals surface area contributed by atoms with Gasteiger partial charge >= 0.3 is 0 Å². The quantitative estimate of drug-likeness (QED) is 0.882. The van der Waals surface area contributed by atoms with E-state index in [1.165, 1.54) is 32.4 Å². The highest BCUT2D eigenvalue weighted by molar-refractivity contribution is 5.85. The molecule has 4 heteroatoms. The molecule has 0 aliphatic carbocycles. The van der Waals surface area contributed by atoms with Crippen LogP contribution in [0, 0.1) is 5.92 Å². The van der Waals surface area contributed by atoms with Gasteiger partial charge in [0, 0.05) is 6.61 Å². The molecule has 1 aromatic heterocycles. The minimum Gasteiger partial charge on any atom is -0.467 e. The fraction of sp³-hybridized carbons (Fsp3) is 0.692. The summed E-state index contributed by atoms with van der Waals surface area (Å²) in [6.45, 7) is 5.21. The normalized spacial score (nSPS) is 18.6. The summed E-state index contributed by atoms with van der Waals surface area (Å²) in [5.74, 6) is 1.76. The van der Waals surface area contributed by atoms with Crippen molar-refractivity contribution in [1.29, 1.82) is 0 Å². The Morgan fingerprint density at radius 1 is 1.47 bits per heavy atom. The topological polar surface area (TPSA) is 34.4 Å². The SMILES string of the molecule is CC(OCCC1CCNCC1)c1ccco1.Cl. The molecule has 0 amide bonds. The molecule has 0 radical (unpaired) electrons. The maximum absolute atomic E-state index is 5.77. The highest BCUT2D eigenvalue weighted by Gasteiger charge is 2.14. The van der Waals surface area contributed by atoms with Crippen LogP contribution in [0.4, 0.5) is 0 Å². The third-order valence-corrected chi connectivity index (χ3v) is 3.30. The Bertz CT molecular complexity index is 284. The minimum atomic E-state index is 0. The van der Waals surface area contributed by atoms with E-state index in [1.54, 1.807) is 6.26 Å². The molecule has 0 bridgehead atoms. The Balaban J connectivity index is 0.00000144. The van der Waals surface area contributed by atoms with Crippen LogP contribution in [-0.2, 0) is 4.74 Å². The lowest BCUT2D eigenvalue weighted by Gasteiger charge is -2.22. The van der Waals surface area contributed by atoms with Crippen LogP contribution in [0.1, 0.15) is 38.1 Å². The van der Waals surface area contributed by atoms with Gasteiger partial charge in [-0.2, -0.15) is 0 Å². The second kappa shape index (κ2) is 7.75. The third-order valence-electron chi connectivity index (χ3n) is 3.30. The predicted molar refractivity (Wildman–Crippen MR) is 70.5 cm³/mol. The molecule has 1 aliphatic rings. The zero-order valence-electron chi connectivity index (χ0n) is 10.4. The van der Waals surface area contributed by atoms with Crippen molar-refractivity contribution in [2.45, 2.75) is 32.3 Å². The van der Waals surface area contributed by atoms with Crippen molar-refractivity contribution in [3.8, 4) is 0 Å². The first-order chi connectivity index (χ1) is 7.86. The van der Waals surface area contributed by atoms with Crippen molar-refractivity contribution in [2.75, 3.05) is 19.7 Å². The first-order valence-corrected chi connectivity index (χ1v) is 6.22. The Kier molecular flexibility index (Phi) is 6.63. The molecule has 3 nitrogen and oxygen atoms in total. The Morgan fingerprint density at radius 2 is 2.24 bits per heavy atom. The van der Waals surface area contributed by atoms with Gasteiger partial charge in [-0.05, 0) is 57.3 Å². The molecule has 1 aliphatic heterocycles. The molecule has 1 unspecified atom stereocenters. The summed E-state index contributed by atoms with van der Waals surface area (Å²) in [6.07, 6.45) is 5.53. The number of nitrogens with one attached hydrogen (secondary N) is 1. The molecule has 0 saturated carbocycles. The van der Waals surface area contributed by atoms with E-state index in [0.29, 0.717) is 0 Å². The van der Waals surface area contributed by atoms with Crippen LogP contribution in [0.2, 0.25) is 0 Å². The van der Waals surface area contributed by atoms with E-state index in [9.17, 15) is 0 Å². The van der Waals surface area contributed by atoms with Crippen LogP contribution in [0.25, 0.3) is 0 Å². The van der Waals surface area contributed by atoms with Crippen LogP contribution < -0.4 is 5.32 Å². The lowest BCUT2D eigenvalue weighted by molar-refractivity contribution is 0.0398. The van der Waals surface area contributed by atoms with E-state index in [-0.39, 0.29) is 18.5 Å². The molecule has 0 aromatic carbocycles. The lowest BCUT2D eigenvalue weighted by Crippen LogP contribution is -2.28. The summed E-state index contributed by atoms with van der Waals surface area (Å²) in [4.78, 5) is 0. The average molecular weight is 260 g/mol. The Morgan fingerprint density at radius 3 is 2.88 bits per heavy atom. The largest absolute Gasteiger partial charge is 0.467 e. The lowest BCUT2D eigenvalue weighted by atomic mass is 9.95. The number of furan rings is 1. The van der Waals surface area contributed by atoms with Crippen molar-refractivity contribution in [3.05, 3.63) is 24.2 Å². The fourth-order valence-electron chi connectivity index (χ4n) is 2.19. The molecule has 0 spiro atoms. The zero-order valence-corrected chi connectivity index (χ0v) is 11.2. The summed E-state index contributed by atoms with van der Waals surface area (Å²) in [5.41, 5.74) is 0. The smallest absolute Gasteiger partial charge is 0.132 e. The molecule has 1 aromatic rings. The van der Waals surface area contributed by atoms with E-state index in [2.05, 4.69) is 5.32 Å². The standard InChI is InChI=1S/C13H21NO2.ClH/c1-11(13-3-2-9-16-13)15-10-6-12-4-7-14-8-5-12;/h2-3,9,11-12,14H,4-8,10H2,1H3;1H. The maximum atomic E-state index is 5.77. The van der Waals surface area contributed by atoms with Gasteiger partial charge in [0.15, 0.2) is 0 Å². The Labute approximate surface area is 109 Å². The number of hydrogen-bond donors (Lipinski definition) is 1. The van der Waals surface area contributed by atoms with Crippen LogP contribution in [0.5, 0.6) is 0 Å². The second-order valence-corrected chi connectivity index (χ2v) is 4.51. The monoisotopic (exact) mass is 259 g/mol. The van der Waals surface area contributed by atoms with E-state index in [0.717, 1.165) is 18.3 Å². The molecule has 98 valence electrons. The van der Waals surface area contributed by atoms with Crippen molar-refractivity contribution in [1.82, 2.24) is 5.32 Å². The van der Waals surface area contributed by atoms with Gasteiger partial charge in [-0.3, -0.25) is 0 Å². The van der Waals surface area contributed by atoms with Gasteiger partial charge in [0.1, 0.15) is 11.9 Å². The molecule has 1 atom stereocenters. The summed E-state index contributed by atoms with van der Waals surface area (Å²) in [6, 6.07) is 3.87. The van der Waals surface area contributed by atoms with Crippen LogP contribution in [0.15, 0.2) is 22.8 Å². The number of hydrogen-bond acceptors (Lipinski definition) is 3. The number of rotatable bonds is 5. The number of piperidine rings is 1. The Hall–Kier alpha value is -0.510. The van der Waals surface area contributed by atoms with E-state index in [4.69, 9.17) is 9.15 Å². The van der Waals surface area contributed by atoms with Crippen LogP contribution >= 0.6 is 12.4 Å². The van der Waals surface area contributed by atoms with Gasteiger partial charge in [0.25, 0.3) is 0 Å². The molecule has 17 heavy (non-hydrogen) atoms. The third kappa shape index (κ3) is 4.70. The fourth-order valence-corrected chi connectivity index (χ4v) is 2.19. The van der Waals surface area contributed by atoms with E-state index in [1.807, 2.05) is 19.1 Å². The molecule has 2 rings (SSSR count). The van der Waals surface area contributed by atoms with Crippen molar-refractivity contribution < 1.29 is 9.15 Å². The minimum absolute atomic E-state index is 0. The van der Waals surface area contributed by atoms with Gasteiger partial charge in [0.2, 0.25) is 0 Å².